The Kier molecular flexibility index (Phi) is 6.41. The molecule has 0 spiro atoms. The summed E-state index contributed by atoms with van der Waals surface area (Å²) in [4.78, 5) is 14.9. The van der Waals surface area contributed by atoms with E-state index in [2.05, 4.69) is 37.9 Å². The van der Waals surface area contributed by atoms with E-state index in [-0.39, 0.29) is 11.9 Å². The van der Waals surface area contributed by atoms with Crippen molar-refractivity contribution in [1.29, 1.82) is 0 Å². The molecule has 1 N–H and O–H groups in total. The third kappa shape index (κ3) is 5.02. The molecule has 3 rings (SSSR count). The molecule has 1 fully saturated rings. The van der Waals surface area contributed by atoms with E-state index in [4.69, 9.17) is 0 Å². The van der Waals surface area contributed by atoms with Gasteiger partial charge in [-0.2, -0.15) is 0 Å². The van der Waals surface area contributed by atoms with Crippen molar-refractivity contribution in [3.05, 3.63) is 35.9 Å². The van der Waals surface area contributed by atoms with Crippen molar-refractivity contribution < 1.29 is 4.79 Å². The molecule has 1 unspecified atom stereocenters. The van der Waals surface area contributed by atoms with Gasteiger partial charge in [-0.1, -0.05) is 48.5 Å². The van der Waals surface area contributed by atoms with Crippen LogP contribution in [-0.2, 0) is 18.4 Å². The molecule has 7 nitrogen and oxygen atoms in total. The lowest BCUT2D eigenvalue weighted by Crippen LogP contribution is -2.49. The second-order valence-corrected chi connectivity index (χ2v) is 7.25. The number of hydrogen-bond acceptors (Lipinski definition) is 6. The van der Waals surface area contributed by atoms with E-state index in [1.54, 1.807) is 16.4 Å². The minimum absolute atomic E-state index is 0.0320. The zero-order valence-corrected chi connectivity index (χ0v) is 15.3. The minimum atomic E-state index is -0.0320. The first-order valence-electron chi connectivity index (χ1n) is 8.65. The Morgan fingerprint density at radius 2 is 2.16 bits per heavy atom. The Morgan fingerprint density at radius 3 is 2.92 bits per heavy atom. The smallest absolute Gasteiger partial charge is 0.237 e. The number of amides is 1. The van der Waals surface area contributed by atoms with E-state index in [0.717, 1.165) is 43.3 Å². The fourth-order valence-corrected chi connectivity index (χ4v) is 3.78. The summed E-state index contributed by atoms with van der Waals surface area (Å²) in [6.07, 6.45) is 3.20. The molecule has 0 saturated carbocycles. The number of carbonyl (C=O) groups is 1. The Balaban J connectivity index is 1.48. The van der Waals surface area contributed by atoms with Gasteiger partial charge in [0.05, 0.1) is 6.04 Å². The van der Waals surface area contributed by atoms with Gasteiger partial charge in [0.1, 0.15) is 0 Å². The van der Waals surface area contributed by atoms with Gasteiger partial charge in [0.2, 0.25) is 11.1 Å². The maximum atomic E-state index is 12.6. The number of rotatable bonds is 7. The topological polar surface area (TPSA) is 75.9 Å². The third-order valence-corrected chi connectivity index (χ3v) is 5.37. The third-order valence-electron chi connectivity index (χ3n) is 4.36. The van der Waals surface area contributed by atoms with Gasteiger partial charge in [-0.15, -0.1) is 5.10 Å². The van der Waals surface area contributed by atoms with Gasteiger partial charge in [-0.3, -0.25) is 9.69 Å². The average Bonchev–Trinajstić information content (AvgIpc) is 3.05. The highest BCUT2D eigenvalue weighted by molar-refractivity contribution is 7.99. The van der Waals surface area contributed by atoms with Crippen LogP contribution in [0.3, 0.4) is 0 Å². The van der Waals surface area contributed by atoms with E-state index >= 15 is 0 Å². The monoisotopic (exact) mass is 360 g/mol. The second-order valence-electron chi connectivity index (χ2n) is 6.19. The van der Waals surface area contributed by atoms with E-state index in [0.29, 0.717) is 6.54 Å². The van der Waals surface area contributed by atoms with Gasteiger partial charge in [-0.25, -0.2) is 4.68 Å². The summed E-state index contributed by atoms with van der Waals surface area (Å²) in [5.41, 5.74) is 1.26. The number of piperidine rings is 1. The number of aryl methyl sites for hydroxylation is 1. The molecule has 134 valence electrons. The van der Waals surface area contributed by atoms with Crippen molar-refractivity contribution in [1.82, 2.24) is 30.4 Å². The fraction of sp³-hybridized carbons (Fsp3) is 0.529. The van der Waals surface area contributed by atoms with Crippen LogP contribution in [0.2, 0.25) is 0 Å². The van der Waals surface area contributed by atoms with Gasteiger partial charge in [0.15, 0.2) is 0 Å². The number of nitrogens with zero attached hydrogens (tertiary/aromatic N) is 5. The van der Waals surface area contributed by atoms with Crippen LogP contribution in [0.25, 0.3) is 0 Å². The summed E-state index contributed by atoms with van der Waals surface area (Å²) in [5, 5.41) is 15.2. The zero-order chi connectivity index (χ0) is 17.5. The lowest BCUT2D eigenvalue weighted by atomic mass is 10.0. The number of thioether (sulfide) groups is 1. The van der Waals surface area contributed by atoms with E-state index in [9.17, 15) is 4.79 Å². The van der Waals surface area contributed by atoms with E-state index in [1.807, 2.05) is 25.2 Å². The predicted molar refractivity (Wildman–Crippen MR) is 97.0 cm³/mol. The molecule has 2 heterocycles. The number of aromatic nitrogens is 4. The summed E-state index contributed by atoms with van der Waals surface area (Å²) in [6.45, 7) is 2.43. The largest absolute Gasteiger partial charge is 0.354 e. The van der Waals surface area contributed by atoms with Crippen LogP contribution in [0.1, 0.15) is 24.8 Å². The summed E-state index contributed by atoms with van der Waals surface area (Å²) < 4.78 is 1.63. The average molecular weight is 360 g/mol. The van der Waals surface area contributed by atoms with Crippen LogP contribution in [0.15, 0.2) is 35.5 Å². The molecule has 0 radical (unpaired) electrons. The van der Waals surface area contributed by atoms with Gasteiger partial charge in [0.25, 0.3) is 0 Å². The quantitative estimate of drug-likeness (QED) is 0.595. The second kappa shape index (κ2) is 8.96. The first kappa shape index (κ1) is 17.9. The maximum Gasteiger partial charge on any atom is 0.237 e. The normalized spacial score (nSPS) is 18.2. The maximum absolute atomic E-state index is 12.6. The highest BCUT2D eigenvalue weighted by Gasteiger charge is 2.28. The van der Waals surface area contributed by atoms with E-state index < -0.39 is 0 Å². The van der Waals surface area contributed by atoms with Crippen LogP contribution in [0.4, 0.5) is 0 Å². The first-order valence-corrected chi connectivity index (χ1v) is 9.63. The molecular formula is C17H24N6OS. The summed E-state index contributed by atoms with van der Waals surface area (Å²) in [6, 6.07) is 10.3. The van der Waals surface area contributed by atoms with Crippen molar-refractivity contribution in [3.63, 3.8) is 0 Å². The van der Waals surface area contributed by atoms with Crippen LogP contribution >= 0.6 is 11.8 Å². The molecular weight excluding hydrogens is 336 g/mol. The molecule has 1 amide bonds. The van der Waals surface area contributed by atoms with Crippen molar-refractivity contribution in [2.75, 3.05) is 18.8 Å². The molecule has 1 aromatic heterocycles. The summed E-state index contributed by atoms with van der Waals surface area (Å²) >= 11 is 1.54. The highest BCUT2D eigenvalue weighted by Crippen LogP contribution is 2.20. The van der Waals surface area contributed by atoms with Crippen molar-refractivity contribution in [2.45, 2.75) is 37.0 Å². The number of nitrogens with one attached hydrogen (secondary N) is 1. The van der Waals surface area contributed by atoms with Crippen LogP contribution in [-0.4, -0.2) is 55.9 Å². The highest BCUT2D eigenvalue weighted by atomic mass is 32.2. The lowest BCUT2D eigenvalue weighted by molar-refractivity contribution is -0.127. The first-order chi connectivity index (χ1) is 12.2. The van der Waals surface area contributed by atoms with Crippen LogP contribution < -0.4 is 5.32 Å². The number of likely N-dealkylation sites (tertiary alicyclic amines) is 1. The lowest BCUT2D eigenvalue weighted by Gasteiger charge is -2.34. The molecule has 1 atom stereocenters. The van der Waals surface area contributed by atoms with Crippen LogP contribution in [0, 0.1) is 0 Å². The van der Waals surface area contributed by atoms with Gasteiger partial charge in [-0.05, 0) is 35.4 Å². The van der Waals surface area contributed by atoms with Gasteiger partial charge in [0, 0.05) is 25.9 Å². The number of carbonyl (C=O) groups excluding carboxylic acids is 1. The Morgan fingerprint density at radius 1 is 1.32 bits per heavy atom. The van der Waals surface area contributed by atoms with Crippen molar-refractivity contribution in [3.8, 4) is 0 Å². The van der Waals surface area contributed by atoms with E-state index in [1.165, 1.54) is 5.56 Å². The molecule has 1 aliphatic rings. The summed E-state index contributed by atoms with van der Waals surface area (Å²) in [5.74, 6) is 0.887. The molecule has 2 aromatic rings. The van der Waals surface area contributed by atoms with Crippen molar-refractivity contribution in [2.24, 2.45) is 7.05 Å². The molecule has 8 heteroatoms. The Bertz CT molecular complexity index is 677. The molecule has 1 aromatic carbocycles. The predicted octanol–water partition coefficient (Wildman–Crippen LogP) is 1.47. The van der Waals surface area contributed by atoms with Crippen LogP contribution in [0.5, 0.6) is 0 Å². The van der Waals surface area contributed by atoms with Gasteiger partial charge >= 0.3 is 0 Å². The zero-order valence-electron chi connectivity index (χ0n) is 14.5. The molecule has 1 aliphatic heterocycles. The van der Waals surface area contributed by atoms with Gasteiger partial charge < -0.3 is 5.32 Å². The Labute approximate surface area is 152 Å². The molecule has 25 heavy (non-hydrogen) atoms. The fourth-order valence-electron chi connectivity index (χ4n) is 3.07. The minimum Gasteiger partial charge on any atom is -0.354 e. The molecule has 0 aliphatic carbocycles. The number of hydrogen-bond donors (Lipinski definition) is 1. The Hall–Kier alpha value is -1.93. The SMILES string of the molecule is Cn1nnnc1SCCNC(=O)C1CCCCN1Cc1ccccc1. The van der Waals surface area contributed by atoms with Crippen molar-refractivity contribution >= 4 is 17.7 Å². The standard InChI is InChI=1S/C17H24N6OS/c1-22-17(19-20-21-22)25-12-10-18-16(24)15-9-5-6-11-23(15)13-14-7-3-2-4-8-14/h2-4,7-8,15H,5-6,9-13H2,1H3,(H,18,24). The molecule has 0 bridgehead atoms. The summed E-state index contributed by atoms with van der Waals surface area (Å²) in [7, 11) is 1.81. The number of tetrazole rings is 1. The molecule has 1 saturated heterocycles. The number of benzene rings is 1.